The number of esters is 1. The fraction of sp³-hybridized carbons (Fsp3) is 0.529. The van der Waals surface area contributed by atoms with Crippen LogP contribution in [0.25, 0.3) is 0 Å². The molecule has 0 aromatic heterocycles. The van der Waals surface area contributed by atoms with Gasteiger partial charge in [0.25, 0.3) is 0 Å². The third kappa shape index (κ3) is 6.94. The number of carbonyl (C=O) groups is 2. The molecule has 0 radical (unpaired) electrons. The van der Waals surface area contributed by atoms with Crippen LogP contribution < -0.4 is 5.32 Å². The Morgan fingerprint density at radius 3 is 2.64 bits per heavy atom. The summed E-state index contributed by atoms with van der Waals surface area (Å²) in [6, 6.07) is 7.04. The van der Waals surface area contributed by atoms with Crippen molar-refractivity contribution in [3.05, 3.63) is 34.9 Å². The molecule has 1 amide bonds. The first-order chi connectivity index (χ1) is 10.5. The third-order valence-corrected chi connectivity index (χ3v) is 3.65. The smallest absolute Gasteiger partial charge is 0.305 e. The summed E-state index contributed by atoms with van der Waals surface area (Å²) in [5.74, 6) is -0.389. The van der Waals surface area contributed by atoms with Crippen LogP contribution in [0.2, 0.25) is 5.02 Å². The van der Waals surface area contributed by atoms with E-state index in [2.05, 4.69) is 12.2 Å². The zero-order valence-corrected chi connectivity index (χ0v) is 14.0. The third-order valence-electron chi connectivity index (χ3n) is 3.31. The van der Waals surface area contributed by atoms with Gasteiger partial charge in [-0.15, -0.1) is 0 Å². The summed E-state index contributed by atoms with van der Waals surface area (Å²) in [5.41, 5.74) is 0.818. The molecule has 0 fully saturated rings. The quantitative estimate of drug-likeness (QED) is 0.551. The predicted molar refractivity (Wildman–Crippen MR) is 87.7 cm³/mol. The standard InChI is InChI=1S/C17H24ClNO3/c1-3-4-7-12-22-17(21)11-10-16(19-13(2)20)14-8-5-6-9-15(14)18/h5-6,8-9,16H,3-4,7,10-12H2,1-2H3,(H,19,20). The van der Waals surface area contributed by atoms with Gasteiger partial charge in [-0.2, -0.15) is 0 Å². The van der Waals surface area contributed by atoms with E-state index in [0.717, 1.165) is 24.8 Å². The molecule has 1 aromatic carbocycles. The summed E-state index contributed by atoms with van der Waals surface area (Å²) in [4.78, 5) is 23.1. The van der Waals surface area contributed by atoms with Gasteiger partial charge in [0, 0.05) is 18.4 Å². The summed E-state index contributed by atoms with van der Waals surface area (Å²) in [6.45, 7) is 4.01. The minimum absolute atomic E-state index is 0.152. The topological polar surface area (TPSA) is 55.4 Å². The number of rotatable bonds is 9. The maximum absolute atomic E-state index is 11.7. The van der Waals surface area contributed by atoms with E-state index in [0.29, 0.717) is 18.1 Å². The summed E-state index contributed by atoms with van der Waals surface area (Å²) in [6.07, 6.45) is 3.76. The Hall–Kier alpha value is -1.55. The van der Waals surface area contributed by atoms with E-state index >= 15 is 0 Å². The van der Waals surface area contributed by atoms with E-state index in [4.69, 9.17) is 16.3 Å². The lowest BCUT2D eigenvalue weighted by atomic mass is 10.0. The molecule has 1 aromatic rings. The molecule has 0 saturated heterocycles. The molecular weight excluding hydrogens is 302 g/mol. The molecule has 0 aliphatic carbocycles. The SMILES string of the molecule is CCCCCOC(=O)CCC(NC(C)=O)c1ccccc1Cl. The fourth-order valence-electron chi connectivity index (χ4n) is 2.18. The maximum Gasteiger partial charge on any atom is 0.305 e. The van der Waals surface area contributed by atoms with Gasteiger partial charge in [0.15, 0.2) is 0 Å². The highest BCUT2D eigenvalue weighted by atomic mass is 35.5. The van der Waals surface area contributed by atoms with Crippen LogP contribution >= 0.6 is 11.6 Å². The van der Waals surface area contributed by atoms with Crippen LogP contribution in [0.1, 0.15) is 57.6 Å². The molecule has 5 heteroatoms. The minimum atomic E-state index is -0.283. The lowest BCUT2D eigenvalue weighted by Gasteiger charge is -2.19. The first kappa shape index (κ1) is 18.5. The first-order valence-electron chi connectivity index (χ1n) is 7.71. The lowest BCUT2D eigenvalue weighted by Crippen LogP contribution is -2.27. The Morgan fingerprint density at radius 1 is 1.27 bits per heavy atom. The molecule has 4 nitrogen and oxygen atoms in total. The van der Waals surface area contributed by atoms with E-state index in [1.165, 1.54) is 6.92 Å². The van der Waals surface area contributed by atoms with E-state index in [1.807, 2.05) is 18.2 Å². The van der Waals surface area contributed by atoms with Crippen LogP contribution in [0.5, 0.6) is 0 Å². The summed E-state index contributed by atoms with van der Waals surface area (Å²) in [7, 11) is 0. The van der Waals surface area contributed by atoms with Crippen molar-refractivity contribution >= 4 is 23.5 Å². The highest BCUT2D eigenvalue weighted by Crippen LogP contribution is 2.26. The van der Waals surface area contributed by atoms with Gasteiger partial charge in [0.2, 0.25) is 5.91 Å². The van der Waals surface area contributed by atoms with Crippen molar-refractivity contribution < 1.29 is 14.3 Å². The van der Waals surface area contributed by atoms with Gasteiger partial charge in [-0.05, 0) is 24.5 Å². The second-order valence-corrected chi connectivity index (χ2v) is 5.65. The zero-order chi connectivity index (χ0) is 16.4. The average molecular weight is 326 g/mol. The van der Waals surface area contributed by atoms with Crippen molar-refractivity contribution in [3.63, 3.8) is 0 Å². The number of halogens is 1. The molecule has 0 heterocycles. The second-order valence-electron chi connectivity index (χ2n) is 5.24. The van der Waals surface area contributed by atoms with E-state index in [1.54, 1.807) is 6.07 Å². The number of unbranched alkanes of at least 4 members (excludes halogenated alkanes) is 2. The van der Waals surface area contributed by atoms with Crippen LogP contribution in [-0.4, -0.2) is 18.5 Å². The molecule has 0 spiro atoms. The number of hydrogen-bond acceptors (Lipinski definition) is 3. The zero-order valence-electron chi connectivity index (χ0n) is 13.2. The first-order valence-corrected chi connectivity index (χ1v) is 8.09. The molecule has 0 aliphatic rings. The average Bonchev–Trinajstić information content (AvgIpc) is 2.48. The van der Waals surface area contributed by atoms with Crippen LogP contribution in [-0.2, 0) is 14.3 Å². The number of hydrogen-bond donors (Lipinski definition) is 1. The molecule has 1 unspecified atom stereocenters. The predicted octanol–water partition coefficient (Wildman–Crippen LogP) is 4.03. The minimum Gasteiger partial charge on any atom is -0.466 e. The van der Waals surface area contributed by atoms with Gasteiger partial charge in [-0.1, -0.05) is 49.6 Å². The Kier molecular flexibility index (Phi) is 8.60. The number of carbonyl (C=O) groups excluding carboxylic acids is 2. The van der Waals surface area contributed by atoms with Gasteiger partial charge in [0.05, 0.1) is 12.6 Å². The molecule has 22 heavy (non-hydrogen) atoms. The largest absolute Gasteiger partial charge is 0.466 e. The van der Waals surface area contributed by atoms with Crippen LogP contribution in [0.4, 0.5) is 0 Å². The van der Waals surface area contributed by atoms with Crippen molar-refractivity contribution in [1.29, 1.82) is 0 Å². The Balaban J connectivity index is 2.54. The Labute approximate surface area is 137 Å². The molecule has 0 aliphatic heterocycles. The molecule has 1 rings (SSSR count). The second kappa shape index (κ2) is 10.2. The number of benzene rings is 1. The highest BCUT2D eigenvalue weighted by molar-refractivity contribution is 6.31. The molecule has 0 saturated carbocycles. The number of nitrogens with one attached hydrogen (secondary N) is 1. The van der Waals surface area contributed by atoms with Crippen molar-refractivity contribution in [3.8, 4) is 0 Å². The van der Waals surface area contributed by atoms with Gasteiger partial charge >= 0.3 is 5.97 Å². The van der Waals surface area contributed by atoms with Gasteiger partial charge in [-0.3, -0.25) is 9.59 Å². The molecule has 1 N–H and O–H groups in total. The Morgan fingerprint density at radius 2 is 2.00 bits per heavy atom. The van der Waals surface area contributed by atoms with Crippen molar-refractivity contribution in [2.75, 3.05) is 6.61 Å². The van der Waals surface area contributed by atoms with Crippen LogP contribution in [0.15, 0.2) is 24.3 Å². The van der Waals surface area contributed by atoms with Gasteiger partial charge in [0.1, 0.15) is 0 Å². The van der Waals surface area contributed by atoms with Gasteiger partial charge < -0.3 is 10.1 Å². The van der Waals surface area contributed by atoms with Gasteiger partial charge in [-0.25, -0.2) is 0 Å². The van der Waals surface area contributed by atoms with E-state index < -0.39 is 0 Å². The number of ether oxygens (including phenoxy) is 1. The molecule has 122 valence electrons. The van der Waals surface area contributed by atoms with Crippen molar-refractivity contribution in [2.45, 2.75) is 52.0 Å². The summed E-state index contributed by atoms with van der Waals surface area (Å²) in [5, 5.41) is 3.42. The summed E-state index contributed by atoms with van der Waals surface area (Å²) < 4.78 is 5.18. The van der Waals surface area contributed by atoms with Crippen molar-refractivity contribution in [2.24, 2.45) is 0 Å². The number of amides is 1. The monoisotopic (exact) mass is 325 g/mol. The maximum atomic E-state index is 11.7. The van der Waals surface area contributed by atoms with Crippen molar-refractivity contribution in [1.82, 2.24) is 5.32 Å². The molecule has 1 atom stereocenters. The fourth-order valence-corrected chi connectivity index (χ4v) is 2.45. The lowest BCUT2D eigenvalue weighted by molar-refractivity contribution is -0.144. The van der Waals surface area contributed by atoms with Crippen LogP contribution in [0, 0.1) is 0 Å². The normalized spacial score (nSPS) is 11.8. The highest BCUT2D eigenvalue weighted by Gasteiger charge is 2.17. The van der Waals surface area contributed by atoms with Crippen LogP contribution in [0.3, 0.4) is 0 Å². The summed E-state index contributed by atoms with van der Waals surface area (Å²) >= 11 is 6.17. The molecular formula is C17H24ClNO3. The van der Waals surface area contributed by atoms with E-state index in [-0.39, 0.29) is 24.3 Å². The molecule has 0 bridgehead atoms. The van der Waals surface area contributed by atoms with E-state index in [9.17, 15) is 9.59 Å². The Bertz CT molecular complexity index is 491.